The molecule has 2 bridgehead atoms. The number of pyridine rings is 2. The van der Waals surface area contributed by atoms with Crippen LogP contribution in [-0.2, 0) is 0 Å². The highest BCUT2D eigenvalue weighted by Crippen LogP contribution is 2.53. The monoisotopic (exact) mass is 441 g/mol. The van der Waals surface area contributed by atoms with Crippen LogP contribution in [0, 0.1) is 11.8 Å². The van der Waals surface area contributed by atoms with Gasteiger partial charge in [0.25, 0.3) is 0 Å². The molecule has 3 atom stereocenters. The molecular weight excluding hydrogens is 414 g/mol. The molecule has 0 saturated heterocycles. The molecule has 3 unspecified atom stereocenters. The second-order valence-electron chi connectivity index (χ2n) is 9.91. The van der Waals surface area contributed by atoms with Crippen molar-refractivity contribution in [3.05, 3.63) is 103 Å². The number of hydrogen-bond acceptors (Lipinski definition) is 3. The summed E-state index contributed by atoms with van der Waals surface area (Å²) in [4.78, 5) is 11.7. The average Bonchev–Trinajstić information content (AvgIpc) is 3.54. The van der Waals surface area contributed by atoms with Crippen molar-refractivity contribution in [3.8, 4) is 0 Å². The molecule has 7 rings (SSSR count). The van der Waals surface area contributed by atoms with Gasteiger partial charge < -0.3 is 4.90 Å². The van der Waals surface area contributed by atoms with Gasteiger partial charge in [0.15, 0.2) is 0 Å². The Morgan fingerprint density at radius 1 is 0.676 bits per heavy atom. The van der Waals surface area contributed by atoms with E-state index in [1.807, 2.05) is 24.5 Å². The van der Waals surface area contributed by atoms with Gasteiger partial charge in [-0.05, 0) is 91.1 Å². The first-order valence-electron chi connectivity index (χ1n) is 12.4. The number of fused-ring (bicyclic) bond motifs is 5. The quantitative estimate of drug-likeness (QED) is 0.263. The highest BCUT2D eigenvalue weighted by atomic mass is 15.1. The van der Waals surface area contributed by atoms with Crippen molar-refractivity contribution in [3.63, 3.8) is 0 Å². The third-order valence-corrected chi connectivity index (χ3v) is 8.01. The highest BCUT2D eigenvalue weighted by molar-refractivity contribution is 6.11. The van der Waals surface area contributed by atoms with Gasteiger partial charge in [0, 0.05) is 34.5 Å². The Labute approximate surface area is 200 Å². The lowest BCUT2D eigenvalue weighted by atomic mass is 9.83. The summed E-state index contributed by atoms with van der Waals surface area (Å²) in [6.07, 6.45) is 9.38. The van der Waals surface area contributed by atoms with Crippen molar-refractivity contribution in [2.24, 2.45) is 11.8 Å². The van der Waals surface area contributed by atoms with Gasteiger partial charge in [0.1, 0.15) is 0 Å². The first kappa shape index (κ1) is 19.7. The minimum absolute atomic E-state index is 0.745. The first-order chi connectivity index (χ1) is 16.8. The van der Waals surface area contributed by atoms with Crippen LogP contribution < -0.4 is 4.90 Å². The largest absolute Gasteiger partial charge is 0.310 e. The van der Waals surface area contributed by atoms with Gasteiger partial charge in [-0.3, -0.25) is 9.97 Å². The van der Waals surface area contributed by atoms with E-state index in [1.54, 1.807) is 0 Å². The van der Waals surface area contributed by atoms with E-state index in [2.05, 4.69) is 82.7 Å². The number of aromatic nitrogens is 2. The molecule has 2 saturated carbocycles. The Hall–Kier alpha value is -3.72. The molecule has 0 radical (unpaired) electrons. The second-order valence-corrected chi connectivity index (χ2v) is 9.91. The summed E-state index contributed by atoms with van der Waals surface area (Å²) in [6, 6.07) is 30.6. The zero-order valence-corrected chi connectivity index (χ0v) is 19.1. The molecule has 3 nitrogen and oxygen atoms in total. The fourth-order valence-electron chi connectivity index (χ4n) is 6.47. The van der Waals surface area contributed by atoms with Gasteiger partial charge in [-0.25, -0.2) is 0 Å². The van der Waals surface area contributed by atoms with Crippen LogP contribution in [-0.4, -0.2) is 9.97 Å². The summed E-state index contributed by atoms with van der Waals surface area (Å²) < 4.78 is 0. The van der Waals surface area contributed by atoms with Gasteiger partial charge in [-0.2, -0.15) is 0 Å². The van der Waals surface area contributed by atoms with Crippen LogP contribution in [0.5, 0.6) is 0 Å². The Bertz CT molecular complexity index is 1480. The van der Waals surface area contributed by atoms with Crippen LogP contribution in [0.1, 0.15) is 37.2 Å². The molecule has 166 valence electrons. The van der Waals surface area contributed by atoms with Crippen molar-refractivity contribution >= 4 is 38.9 Å². The lowest BCUT2D eigenvalue weighted by Gasteiger charge is -2.28. The lowest BCUT2D eigenvalue weighted by molar-refractivity contribution is 0.420. The Balaban J connectivity index is 1.39. The molecule has 0 spiro atoms. The van der Waals surface area contributed by atoms with Crippen molar-refractivity contribution in [2.75, 3.05) is 4.90 Å². The van der Waals surface area contributed by atoms with Crippen LogP contribution in [0.2, 0.25) is 0 Å². The standard InChI is InChI=1S/C31H27N3/c1-2-7-25(8-3-1)34(26-14-12-22(13-15-26)28-19-21-10-11-23(28)18-21)29-20-24-6-4-16-32-30(24)31-27(29)9-5-17-33-31/h1-9,12-17,20-21,23,28H,10-11,18-19H2. The van der Waals surface area contributed by atoms with Crippen molar-refractivity contribution in [1.29, 1.82) is 0 Å². The average molecular weight is 442 g/mol. The number of para-hydroxylation sites is 1. The minimum Gasteiger partial charge on any atom is -0.310 e. The maximum Gasteiger partial charge on any atom is 0.0985 e. The van der Waals surface area contributed by atoms with E-state index in [0.717, 1.165) is 50.9 Å². The number of anilines is 3. The van der Waals surface area contributed by atoms with E-state index < -0.39 is 0 Å². The number of hydrogen-bond donors (Lipinski definition) is 0. The van der Waals surface area contributed by atoms with E-state index in [0.29, 0.717) is 0 Å². The molecule has 2 heterocycles. The van der Waals surface area contributed by atoms with E-state index in [1.165, 1.54) is 36.9 Å². The zero-order chi connectivity index (χ0) is 22.5. The summed E-state index contributed by atoms with van der Waals surface area (Å²) in [7, 11) is 0. The molecule has 34 heavy (non-hydrogen) atoms. The molecule has 0 N–H and O–H groups in total. The molecule has 3 heteroatoms. The van der Waals surface area contributed by atoms with Gasteiger partial charge in [0.05, 0.1) is 16.7 Å². The number of benzene rings is 3. The van der Waals surface area contributed by atoms with Crippen LogP contribution in [0.15, 0.2) is 97.3 Å². The van der Waals surface area contributed by atoms with Crippen LogP contribution >= 0.6 is 0 Å². The van der Waals surface area contributed by atoms with Crippen molar-refractivity contribution in [2.45, 2.75) is 31.6 Å². The zero-order valence-electron chi connectivity index (χ0n) is 19.1. The molecule has 0 amide bonds. The second kappa shape index (κ2) is 7.95. The van der Waals surface area contributed by atoms with Crippen LogP contribution in [0.3, 0.4) is 0 Å². The van der Waals surface area contributed by atoms with Gasteiger partial charge >= 0.3 is 0 Å². The van der Waals surface area contributed by atoms with Gasteiger partial charge in [-0.1, -0.05) is 42.8 Å². The van der Waals surface area contributed by atoms with E-state index >= 15 is 0 Å². The van der Waals surface area contributed by atoms with E-state index in [-0.39, 0.29) is 0 Å². The first-order valence-corrected chi connectivity index (χ1v) is 12.4. The third-order valence-electron chi connectivity index (χ3n) is 8.01. The minimum atomic E-state index is 0.745. The maximum atomic E-state index is 4.74. The molecule has 2 aliphatic carbocycles. The Morgan fingerprint density at radius 2 is 1.44 bits per heavy atom. The fourth-order valence-corrected chi connectivity index (χ4v) is 6.47. The molecule has 2 fully saturated rings. The Morgan fingerprint density at radius 3 is 2.21 bits per heavy atom. The number of rotatable bonds is 4. The molecular formula is C31H27N3. The third kappa shape index (κ3) is 3.19. The van der Waals surface area contributed by atoms with Crippen molar-refractivity contribution in [1.82, 2.24) is 9.97 Å². The molecule has 2 aliphatic rings. The molecule has 0 aliphatic heterocycles. The summed E-state index contributed by atoms with van der Waals surface area (Å²) >= 11 is 0. The maximum absolute atomic E-state index is 4.74. The van der Waals surface area contributed by atoms with Gasteiger partial charge in [-0.15, -0.1) is 0 Å². The number of nitrogens with zero attached hydrogens (tertiary/aromatic N) is 3. The SMILES string of the molecule is c1ccc(N(c2ccc(C3CC4CCC3C4)cc2)c2cc3cccnc3c3ncccc23)cc1. The molecule has 3 aromatic carbocycles. The van der Waals surface area contributed by atoms with E-state index in [4.69, 9.17) is 4.98 Å². The predicted octanol–water partition coefficient (Wildman–Crippen LogP) is 8.16. The Kier molecular flexibility index (Phi) is 4.61. The predicted molar refractivity (Wildman–Crippen MR) is 140 cm³/mol. The molecule has 2 aromatic heterocycles. The van der Waals surface area contributed by atoms with Crippen molar-refractivity contribution < 1.29 is 0 Å². The normalized spacial score (nSPS) is 21.4. The summed E-state index contributed by atoms with van der Waals surface area (Å²) in [5, 5.41) is 2.21. The summed E-state index contributed by atoms with van der Waals surface area (Å²) in [6.45, 7) is 0. The fraction of sp³-hybridized carbons (Fsp3) is 0.226. The van der Waals surface area contributed by atoms with Crippen LogP contribution in [0.25, 0.3) is 21.8 Å². The van der Waals surface area contributed by atoms with Crippen LogP contribution in [0.4, 0.5) is 17.1 Å². The smallest absolute Gasteiger partial charge is 0.0985 e. The summed E-state index contributed by atoms with van der Waals surface area (Å²) in [5.41, 5.74) is 6.84. The highest BCUT2D eigenvalue weighted by Gasteiger charge is 2.40. The lowest BCUT2D eigenvalue weighted by Crippen LogP contribution is -2.12. The molecule has 5 aromatic rings. The topological polar surface area (TPSA) is 29.0 Å². The summed E-state index contributed by atoms with van der Waals surface area (Å²) in [5.74, 6) is 2.60. The van der Waals surface area contributed by atoms with Gasteiger partial charge in [0.2, 0.25) is 0 Å². The van der Waals surface area contributed by atoms with E-state index in [9.17, 15) is 0 Å².